The highest BCUT2D eigenvalue weighted by molar-refractivity contribution is 5.34. The lowest BCUT2D eigenvalue weighted by Crippen LogP contribution is -2.27. The third-order valence-corrected chi connectivity index (χ3v) is 2.67. The molecule has 2 nitrogen and oxygen atoms in total. The van der Waals surface area contributed by atoms with Crippen LogP contribution >= 0.6 is 0 Å². The van der Waals surface area contributed by atoms with Gasteiger partial charge in [-0.3, -0.25) is 0 Å². The summed E-state index contributed by atoms with van der Waals surface area (Å²) >= 11 is 0. The van der Waals surface area contributed by atoms with Gasteiger partial charge < -0.3 is 0 Å². The molecular weight excluding hydrogens is 138 g/mol. The van der Waals surface area contributed by atoms with Gasteiger partial charge in [0.15, 0.2) is 0 Å². The van der Waals surface area contributed by atoms with Crippen molar-refractivity contribution in [3.8, 4) is 0 Å². The first kappa shape index (κ1) is 8.48. The molecule has 0 aromatic carbocycles. The van der Waals surface area contributed by atoms with E-state index in [2.05, 4.69) is 11.9 Å². The van der Waals surface area contributed by atoms with Crippen molar-refractivity contribution in [1.82, 2.24) is 0 Å². The number of hydrogen-bond acceptors (Lipinski definition) is 2. The fraction of sp³-hybridized carbons (Fsp3) is 0.889. The fourth-order valence-corrected chi connectivity index (χ4v) is 1.61. The molecule has 0 radical (unpaired) electrons. The number of isocyanates is 1. The zero-order valence-corrected chi connectivity index (χ0v) is 7.26. The molecule has 1 aliphatic rings. The number of hydrogen-bond donors (Lipinski definition) is 0. The maximum atomic E-state index is 10.1. The molecule has 2 heteroatoms. The minimum absolute atomic E-state index is 0.0890. The van der Waals surface area contributed by atoms with Gasteiger partial charge in [-0.2, -0.15) is 4.99 Å². The van der Waals surface area contributed by atoms with Gasteiger partial charge in [0.2, 0.25) is 6.08 Å². The lowest BCUT2D eigenvalue weighted by Gasteiger charge is -2.31. The molecule has 1 fully saturated rings. The Morgan fingerprint density at radius 2 is 2.00 bits per heavy atom. The van der Waals surface area contributed by atoms with Crippen LogP contribution in [0.3, 0.4) is 0 Å². The van der Waals surface area contributed by atoms with E-state index in [1.807, 2.05) is 6.92 Å². The molecule has 0 aliphatic heterocycles. The largest absolute Gasteiger partial charge is 0.235 e. The first-order valence-corrected chi connectivity index (χ1v) is 4.25. The Balaban J connectivity index is 2.54. The van der Waals surface area contributed by atoms with Crippen molar-refractivity contribution in [2.75, 3.05) is 0 Å². The molecule has 1 rings (SSSR count). The average Bonchev–Trinajstić information content (AvgIpc) is 1.97. The van der Waals surface area contributed by atoms with Crippen molar-refractivity contribution in [3.05, 3.63) is 0 Å². The predicted molar refractivity (Wildman–Crippen MR) is 44.2 cm³/mol. The maximum Gasteiger partial charge on any atom is 0.235 e. The summed E-state index contributed by atoms with van der Waals surface area (Å²) in [7, 11) is 0. The molecule has 0 spiro atoms. The summed E-state index contributed by atoms with van der Waals surface area (Å²) in [5, 5.41) is 0. The second-order valence-electron chi connectivity index (χ2n) is 3.88. The van der Waals surface area contributed by atoms with E-state index in [9.17, 15) is 4.79 Å². The van der Waals surface area contributed by atoms with E-state index in [0.29, 0.717) is 0 Å². The third kappa shape index (κ3) is 2.16. The summed E-state index contributed by atoms with van der Waals surface area (Å²) in [6.45, 7) is 4.30. The second-order valence-corrected chi connectivity index (χ2v) is 3.88. The van der Waals surface area contributed by atoms with Crippen molar-refractivity contribution >= 4 is 6.08 Å². The molecule has 0 amide bonds. The Morgan fingerprint density at radius 1 is 1.45 bits per heavy atom. The molecule has 0 bridgehead atoms. The Bertz CT molecular complexity index is 174. The van der Waals surface area contributed by atoms with Gasteiger partial charge >= 0.3 is 0 Å². The summed E-state index contributed by atoms with van der Waals surface area (Å²) in [4.78, 5) is 13.9. The maximum absolute atomic E-state index is 10.1. The summed E-state index contributed by atoms with van der Waals surface area (Å²) in [6, 6.07) is 0. The number of rotatable bonds is 1. The van der Waals surface area contributed by atoms with Crippen LogP contribution in [-0.2, 0) is 4.79 Å². The Kier molecular flexibility index (Phi) is 2.45. The van der Waals surface area contributed by atoms with Gasteiger partial charge in [-0.15, -0.1) is 0 Å². The van der Waals surface area contributed by atoms with Crippen molar-refractivity contribution in [2.24, 2.45) is 10.9 Å². The van der Waals surface area contributed by atoms with E-state index in [4.69, 9.17) is 0 Å². The van der Waals surface area contributed by atoms with Gasteiger partial charge in [0, 0.05) is 0 Å². The highest BCUT2D eigenvalue weighted by Gasteiger charge is 2.28. The molecule has 1 aliphatic carbocycles. The van der Waals surface area contributed by atoms with Crippen LogP contribution in [0.5, 0.6) is 0 Å². The summed E-state index contributed by atoms with van der Waals surface area (Å²) in [5.74, 6) is 0.810. The first-order valence-electron chi connectivity index (χ1n) is 4.25. The summed E-state index contributed by atoms with van der Waals surface area (Å²) in [6.07, 6.45) is 6.15. The van der Waals surface area contributed by atoms with Crippen LogP contribution in [0.15, 0.2) is 4.99 Å². The van der Waals surface area contributed by atoms with Gasteiger partial charge in [0.05, 0.1) is 5.54 Å². The van der Waals surface area contributed by atoms with Gasteiger partial charge in [-0.1, -0.05) is 6.92 Å². The molecule has 1 saturated carbocycles. The van der Waals surface area contributed by atoms with E-state index in [0.717, 1.165) is 18.8 Å². The van der Waals surface area contributed by atoms with E-state index < -0.39 is 0 Å². The predicted octanol–water partition coefficient (Wildman–Crippen LogP) is 2.29. The molecule has 0 aromatic rings. The summed E-state index contributed by atoms with van der Waals surface area (Å²) in [5.41, 5.74) is -0.0890. The molecule has 0 atom stereocenters. The molecule has 0 N–H and O–H groups in total. The van der Waals surface area contributed by atoms with E-state index in [1.54, 1.807) is 6.08 Å². The van der Waals surface area contributed by atoms with Crippen molar-refractivity contribution < 1.29 is 4.79 Å². The van der Waals surface area contributed by atoms with Crippen LogP contribution in [0.4, 0.5) is 0 Å². The van der Waals surface area contributed by atoms with Crippen LogP contribution < -0.4 is 0 Å². The molecule has 0 unspecified atom stereocenters. The second kappa shape index (κ2) is 3.19. The molecule has 0 aromatic heterocycles. The van der Waals surface area contributed by atoms with Crippen molar-refractivity contribution in [2.45, 2.75) is 45.1 Å². The summed E-state index contributed by atoms with van der Waals surface area (Å²) < 4.78 is 0. The molecule has 62 valence electrons. The highest BCUT2D eigenvalue weighted by Crippen LogP contribution is 2.33. The van der Waals surface area contributed by atoms with Gasteiger partial charge in [-0.05, 0) is 38.5 Å². The van der Waals surface area contributed by atoms with Crippen LogP contribution in [-0.4, -0.2) is 11.6 Å². The van der Waals surface area contributed by atoms with Crippen LogP contribution in [0.1, 0.15) is 39.5 Å². The van der Waals surface area contributed by atoms with Crippen LogP contribution in [0, 0.1) is 5.92 Å². The molecule has 0 heterocycles. The molecule has 0 saturated heterocycles. The normalized spacial score (nSPS) is 37.8. The minimum Gasteiger partial charge on any atom is -0.211 e. The van der Waals surface area contributed by atoms with Gasteiger partial charge in [0.25, 0.3) is 0 Å². The zero-order chi connectivity index (χ0) is 8.32. The topological polar surface area (TPSA) is 29.4 Å². The Morgan fingerprint density at radius 3 is 2.45 bits per heavy atom. The smallest absolute Gasteiger partial charge is 0.211 e. The molecule has 11 heavy (non-hydrogen) atoms. The fourth-order valence-electron chi connectivity index (χ4n) is 1.61. The third-order valence-electron chi connectivity index (χ3n) is 2.67. The monoisotopic (exact) mass is 153 g/mol. The number of aliphatic imine (C=N–C) groups is 1. The van der Waals surface area contributed by atoms with E-state index in [1.165, 1.54) is 12.8 Å². The standard InChI is InChI=1S/C9H15NO/c1-8-3-5-9(2,6-4-8)10-7-11/h8H,3-6H2,1-2H3. The van der Waals surface area contributed by atoms with Gasteiger partial charge in [-0.25, -0.2) is 4.79 Å². The Hall–Kier alpha value is -0.620. The number of nitrogens with zero attached hydrogens (tertiary/aromatic N) is 1. The lowest BCUT2D eigenvalue weighted by atomic mass is 9.79. The minimum atomic E-state index is -0.0890. The quantitative estimate of drug-likeness (QED) is 0.420. The number of carbonyl (C=O) groups excluding carboxylic acids is 1. The van der Waals surface area contributed by atoms with Crippen LogP contribution in [0.2, 0.25) is 0 Å². The average molecular weight is 153 g/mol. The molecular formula is C9H15NO. The van der Waals surface area contributed by atoms with Gasteiger partial charge in [0.1, 0.15) is 0 Å². The Labute approximate surface area is 67.7 Å². The van der Waals surface area contributed by atoms with Crippen LogP contribution in [0.25, 0.3) is 0 Å². The zero-order valence-electron chi connectivity index (χ0n) is 7.26. The SMILES string of the molecule is CC1CCC(C)(N=C=O)CC1. The first-order chi connectivity index (χ1) is 5.16. The lowest BCUT2D eigenvalue weighted by molar-refractivity contribution is 0.266. The van der Waals surface area contributed by atoms with E-state index in [-0.39, 0.29) is 5.54 Å². The van der Waals surface area contributed by atoms with Crippen molar-refractivity contribution in [3.63, 3.8) is 0 Å². The highest BCUT2D eigenvalue weighted by atomic mass is 16.1. The van der Waals surface area contributed by atoms with E-state index >= 15 is 0 Å². The van der Waals surface area contributed by atoms with Crippen molar-refractivity contribution in [1.29, 1.82) is 0 Å².